The van der Waals surface area contributed by atoms with E-state index in [4.69, 9.17) is 17.4 Å². The topological polar surface area (TPSA) is 139 Å². The summed E-state index contributed by atoms with van der Waals surface area (Å²) >= 11 is 7.04. The zero-order valence-corrected chi connectivity index (χ0v) is 17.9. The minimum Gasteiger partial charge on any atom is -0.334 e. The first-order valence-electron chi connectivity index (χ1n) is 8.96. The normalized spacial score (nSPS) is 10.8. The van der Waals surface area contributed by atoms with E-state index in [0.29, 0.717) is 21.6 Å². The van der Waals surface area contributed by atoms with Crippen molar-refractivity contribution in [1.82, 2.24) is 14.9 Å². The van der Waals surface area contributed by atoms with Gasteiger partial charge in [-0.25, -0.2) is 10.1 Å². The van der Waals surface area contributed by atoms with E-state index in [1.165, 1.54) is 11.6 Å². The number of amides is 2. The van der Waals surface area contributed by atoms with Crippen LogP contribution in [0.1, 0.15) is 12.5 Å². The van der Waals surface area contributed by atoms with E-state index in [1.807, 2.05) is 12.1 Å². The van der Waals surface area contributed by atoms with Gasteiger partial charge in [0, 0.05) is 23.3 Å². The number of carbonyl (C=O) groups excluding carboxylic acids is 2. The van der Waals surface area contributed by atoms with Gasteiger partial charge in [-0.15, -0.1) is 10.2 Å². The number of benzene rings is 2. The Kier molecular flexibility index (Phi) is 7.46. The largest absolute Gasteiger partial charge is 0.334 e. The fraction of sp³-hybridized carbons (Fsp3) is 0.105. The Labute approximate surface area is 187 Å². The lowest BCUT2D eigenvalue weighted by atomic mass is 10.2. The summed E-state index contributed by atoms with van der Waals surface area (Å²) in [6.45, 7) is 1.41. The lowest BCUT2D eigenvalue weighted by molar-refractivity contribution is -0.114. The summed E-state index contributed by atoms with van der Waals surface area (Å²) in [6.07, 6.45) is 1.57. The monoisotopic (exact) mass is 458 g/mol. The number of rotatable bonds is 8. The number of halogens is 1. The van der Waals surface area contributed by atoms with Crippen LogP contribution < -0.4 is 21.9 Å². The molecule has 0 aliphatic carbocycles. The summed E-state index contributed by atoms with van der Waals surface area (Å²) in [4.78, 5) is 23.4. The highest BCUT2D eigenvalue weighted by Gasteiger charge is 2.12. The number of nitrogens with one attached hydrogen (secondary N) is 3. The van der Waals surface area contributed by atoms with Gasteiger partial charge in [0.05, 0.1) is 12.0 Å². The van der Waals surface area contributed by atoms with Crippen LogP contribution in [0.15, 0.2) is 58.8 Å². The number of thioether (sulfide) groups is 1. The second-order valence-corrected chi connectivity index (χ2v) is 7.58. The summed E-state index contributed by atoms with van der Waals surface area (Å²) in [6, 6.07) is 14.0. The predicted molar refractivity (Wildman–Crippen MR) is 123 cm³/mol. The van der Waals surface area contributed by atoms with Crippen molar-refractivity contribution in [2.75, 3.05) is 27.7 Å². The second-order valence-electron chi connectivity index (χ2n) is 6.20. The third-order valence-corrected chi connectivity index (χ3v) is 4.87. The first-order valence-corrected chi connectivity index (χ1v) is 10.3. The molecule has 2 amide bonds. The van der Waals surface area contributed by atoms with Gasteiger partial charge >= 0.3 is 0 Å². The molecule has 10 nitrogen and oxygen atoms in total. The molecule has 0 saturated heterocycles. The first kappa shape index (κ1) is 22.1. The molecule has 0 unspecified atom stereocenters. The molecule has 12 heteroatoms. The summed E-state index contributed by atoms with van der Waals surface area (Å²) in [5, 5.41) is 18.3. The Morgan fingerprint density at radius 3 is 2.65 bits per heavy atom. The smallest absolute Gasteiger partial charge is 0.264 e. The molecule has 31 heavy (non-hydrogen) atoms. The maximum absolute atomic E-state index is 12.2. The fourth-order valence-electron chi connectivity index (χ4n) is 2.41. The number of nitrogen functional groups attached to an aromatic ring is 1. The predicted octanol–water partition coefficient (Wildman–Crippen LogP) is 2.78. The van der Waals surface area contributed by atoms with Crippen LogP contribution in [0.3, 0.4) is 0 Å². The number of hydrazone groups is 1. The average Bonchev–Trinajstić information content (AvgIpc) is 3.06. The van der Waals surface area contributed by atoms with E-state index in [9.17, 15) is 9.59 Å². The van der Waals surface area contributed by atoms with Crippen molar-refractivity contribution in [3.05, 3.63) is 59.1 Å². The number of anilines is 3. The molecular formula is C19H19ClN8O2S. The van der Waals surface area contributed by atoms with Gasteiger partial charge < -0.3 is 16.5 Å². The Morgan fingerprint density at radius 2 is 1.90 bits per heavy atom. The van der Waals surface area contributed by atoms with E-state index < -0.39 is 0 Å². The average molecular weight is 459 g/mol. The highest BCUT2D eigenvalue weighted by molar-refractivity contribution is 7.99. The van der Waals surface area contributed by atoms with E-state index in [0.717, 1.165) is 17.3 Å². The van der Waals surface area contributed by atoms with Gasteiger partial charge in [0.2, 0.25) is 17.0 Å². The second kappa shape index (κ2) is 10.5. The molecule has 0 spiro atoms. The van der Waals surface area contributed by atoms with Gasteiger partial charge in [0.15, 0.2) is 0 Å². The number of nitrogens with zero attached hydrogens (tertiary/aromatic N) is 4. The van der Waals surface area contributed by atoms with Gasteiger partial charge in [-0.2, -0.15) is 5.10 Å². The van der Waals surface area contributed by atoms with Gasteiger partial charge in [-0.05, 0) is 35.9 Å². The highest BCUT2D eigenvalue weighted by atomic mass is 35.5. The quantitative estimate of drug-likeness (QED) is 0.176. The van der Waals surface area contributed by atoms with Crippen molar-refractivity contribution in [3.63, 3.8) is 0 Å². The highest BCUT2D eigenvalue weighted by Crippen LogP contribution is 2.19. The third kappa shape index (κ3) is 6.73. The molecule has 1 heterocycles. The standard InChI is InChI=1S/C19H19ClN8O2S/c1-12(29)23-15-6-3-7-16(9-15)24-17(30)11-31-19-27-26-18(28(19)21)25-22-10-13-4-2-5-14(20)8-13/h2-10H,11,21H2,1H3,(H,23,29)(H,24,30)(H,25,26)/b22-10+. The van der Waals surface area contributed by atoms with Gasteiger partial charge in [0.25, 0.3) is 5.95 Å². The number of carbonyl (C=O) groups is 2. The molecule has 0 atom stereocenters. The zero-order chi connectivity index (χ0) is 22.2. The molecule has 0 fully saturated rings. The summed E-state index contributed by atoms with van der Waals surface area (Å²) in [5.74, 6) is 5.77. The fourth-order valence-corrected chi connectivity index (χ4v) is 3.26. The van der Waals surface area contributed by atoms with Crippen molar-refractivity contribution in [3.8, 4) is 0 Å². The zero-order valence-electron chi connectivity index (χ0n) is 16.4. The molecule has 0 aliphatic rings. The number of hydrogen-bond donors (Lipinski definition) is 4. The van der Waals surface area contributed by atoms with Crippen LogP contribution >= 0.6 is 23.4 Å². The van der Waals surface area contributed by atoms with Crippen LogP contribution in [-0.2, 0) is 9.59 Å². The lowest BCUT2D eigenvalue weighted by Gasteiger charge is -2.07. The molecule has 2 aromatic carbocycles. The molecule has 3 rings (SSSR count). The number of nitrogens with two attached hydrogens (primary N) is 1. The Balaban J connectivity index is 1.52. The van der Waals surface area contributed by atoms with Crippen LogP contribution in [0.5, 0.6) is 0 Å². The number of aromatic nitrogens is 3. The van der Waals surface area contributed by atoms with E-state index in [-0.39, 0.29) is 23.5 Å². The van der Waals surface area contributed by atoms with Crippen LogP contribution in [0, 0.1) is 0 Å². The van der Waals surface area contributed by atoms with Crippen molar-refractivity contribution >= 4 is 58.7 Å². The molecule has 0 bridgehead atoms. The first-order chi connectivity index (χ1) is 14.9. The molecule has 0 saturated carbocycles. The van der Waals surface area contributed by atoms with Crippen molar-refractivity contribution < 1.29 is 9.59 Å². The van der Waals surface area contributed by atoms with Crippen molar-refractivity contribution in [2.45, 2.75) is 12.1 Å². The summed E-state index contributed by atoms with van der Waals surface area (Å²) in [5.41, 5.74) is 4.65. The molecule has 160 valence electrons. The minimum absolute atomic E-state index is 0.0610. The van der Waals surface area contributed by atoms with Gasteiger partial charge in [0.1, 0.15) is 0 Å². The molecule has 0 aliphatic heterocycles. The Morgan fingerprint density at radius 1 is 1.16 bits per heavy atom. The van der Waals surface area contributed by atoms with Crippen LogP contribution in [0.2, 0.25) is 5.02 Å². The molecule has 1 aromatic heterocycles. The summed E-state index contributed by atoms with van der Waals surface area (Å²) < 4.78 is 1.20. The van der Waals surface area contributed by atoms with E-state index in [1.54, 1.807) is 42.6 Å². The Hall–Kier alpha value is -3.57. The maximum atomic E-state index is 12.2. The van der Waals surface area contributed by atoms with E-state index >= 15 is 0 Å². The number of hydrogen-bond acceptors (Lipinski definition) is 8. The van der Waals surface area contributed by atoms with Crippen LogP contribution in [-0.4, -0.2) is 38.7 Å². The van der Waals surface area contributed by atoms with Crippen LogP contribution in [0.25, 0.3) is 0 Å². The Bertz CT molecular complexity index is 1120. The van der Waals surface area contributed by atoms with Gasteiger partial charge in [-0.3, -0.25) is 9.59 Å². The maximum Gasteiger partial charge on any atom is 0.264 e. The van der Waals surface area contributed by atoms with Gasteiger partial charge in [-0.1, -0.05) is 41.6 Å². The van der Waals surface area contributed by atoms with Crippen molar-refractivity contribution in [1.29, 1.82) is 0 Å². The minimum atomic E-state index is -0.263. The lowest BCUT2D eigenvalue weighted by Crippen LogP contribution is -2.17. The molecule has 3 aromatic rings. The molecular weight excluding hydrogens is 440 g/mol. The molecule has 5 N–H and O–H groups in total. The van der Waals surface area contributed by atoms with Crippen molar-refractivity contribution in [2.24, 2.45) is 5.10 Å². The summed E-state index contributed by atoms with van der Waals surface area (Å²) in [7, 11) is 0. The third-order valence-electron chi connectivity index (χ3n) is 3.69. The van der Waals surface area contributed by atoms with E-state index in [2.05, 4.69) is 31.4 Å². The van der Waals surface area contributed by atoms with Crippen LogP contribution in [0.4, 0.5) is 17.3 Å². The molecule has 0 radical (unpaired) electrons. The SMILES string of the molecule is CC(=O)Nc1cccc(NC(=O)CSc2nnc(N/N=C/c3cccc(Cl)c3)n2N)c1.